The van der Waals surface area contributed by atoms with Crippen molar-refractivity contribution in [3.8, 4) is 0 Å². The number of nitrogens with two attached hydrogens (primary N) is 1. The smallest absolute Gasteiger partial charge is 0.408 e. The molecular weight excluding hydrogens is 516 g/mol. The minimum atomic E-state index is -1.19. The predicted octanol–water partition coefficient (Wildman–Crippen LogP) is 2.95. The zero-order valence-corrected chi connectivity index (χ0v) is 24.7. The number of carbonyl (C=O) groups excluding carboxylic acids is 5. The van der Waals surface area contributed by atoms with E-state index in [2.05, 4.69) is 16.0 Å². The lowest BCUT2D eigenvalue weighted by atomic mass is 9.94. The van der Waals surface area contributed by atoms with E-state index in [4.69, 9.17) is 15.2 Å². The van der Waals surface area contributed by atoms with Gasteiger partial charge in [0, 0.05) is 6.42 Å². The molecule has 5 unspecified atom stereocenters. The summed E-state index contributed by atoms with van der Waals surface area (Å²) in [6.07, 6.45) is 0.0405. The summed E-state index contributed by atoms with van der Waals surface area (Å²) in [4.78, 5) is 63.5. The summed E-state index contributed by atoms with van der Waals surface area (Å²) in [5, 5.41) is 7.86. The van der Waals surface area contributed by atoms with Gasteiger partial charge in [-0.15, -0.1) is 0 Å². The maximum Gasteiger partial charge on any atom is 0.408 e. The van der Waals surface area contributed by atoms with Gasteiger partial charge in [-0.25, -0.2) is 4.79 Å². The van der Waals surface area contributed by atoms with E-state index in [0.717, 1.165) is 5.56 Å². The summed E-state index contributed by atoms with van der Waals surface area (Å²) in [6.45, 7) is 12.4. The number of rotatable bonds is 15. The highest BCUT2D eigenvalue weighted by molar-refractivity contribution is 5.94. The second-order valence-corrected chi connectivity index (χ2v) is 11.0. The Morgan fingerprint density at radius 1 is 0.850 bits per heavy atom. The molecule has 0 aliphatic heterocycles. The van der Waals surface area contributed by atoms with Crippen molar-refractivity contribution in [2.45, 2.75) is 104 Å². The molecular formula is C29H46N4O7. The van der Waals surface area contributed by atoms with Crippen molar-refractivity contribution in [3.63, 3.8) is 0 Å². The van der Waals surface area contributed by atoms with Gasteiger partial charge in [-0.1, -0.05) is 70.9 Å². The largest absolute Gasteiger partial charge is 0.461 e. The highest BCUT2D eigenvalue weighted by Gasteiger charge is 2.33. The first-order valence-corrected chi connectivity index (χ1v) is 13.8. The lowest BCUT2D eigenvalue weighted by molar-refractivity contribution is -0.145. The molecule has 40 heavy (non-hydrogen) atoms. The summed E-state index contributed by atoms with van der Waals surface area (Å²) >= 11 is 0. The Hall–Kier alpha value is -3.63. The van der Waals surface area contributed by atoms with Crippen LogP contribution in [-0.2, 0) is 35.3 Å². The number of nitrogens with one attached hydrogen (secondary N) is 3. The fourth-order valence-electron chi connectivity index (χ4n) is 3.72. The van der Waals surface area contributed by atoms with Crippen molar-refractivity contribution in [1.82, 2.24) is 16.0 Å². The van der Waals surface area contributed by atoms with Crippen LogP contribution in [0.25, 0.3) is 0 Å². The quantitative estimate of drug-likeness (QED) is 0.239. The van der Waals surface area contributed by atoms with Crippen molar-refractivity contribution in [2.24, 2.45) is 17.6 Å². The maximum absolute atomic E-state index is 13.4. The second kappa shape index (κ2) is 16.5. The van der Waals surface area contributed by atoms with Gasteiger partial charge in [0.05, 0.1) is 0 Å². The number of alkyl carbamates (subject to hydrolysis) is 1. The van der Waals surface area contributed by atoms with E-state index in [1.165, 1.54) is 0 Å². The zero-order chi connectivity index (χ0) is 30.5. The molecule has 0 heterocycles. The third-order valence-electron chi connectivity index (χ3n) is 6.50. The average Bonchev–Trinajstić information content (AvgIpc) is 2.89. The molecule has 0 fully saturated rings. The first kappa shape index (κ1) is 34.4. The highest BCUT2D eigenvalue weighted by atomic mass is 16.6. The molecule has 0 aliphatic rings. The fraction of sp³-hybridized carbons (Fsp3) is 0.621. The normalized spacial score (nSPS) is 15.0. The van der Waals surface area contributed by atoms with Gasteiger partial charge in [-0.2, -0.15) is 0 Å². The van der Waals surface area contributed by atoms with Crippen LogP contribution < -0.4 is 21.7 Å². The van der Waals surface area contributed by atoms with Crippen LogP contribution in [0, 0.1) is 11.8 Å². The summed E-state index contributed by atoms with van der Waals surface area (Å²) in [7, 11) is 0. The third-order valence-corrected chi connectivity index (χ3v) is 6.50. The van der Waals surface area contributed by atoms with Gasteiger partial charge in [0.1, 0.15) is 30.3 Å². The molecule has 1 rings (SSSR count). The maximum atomic E-state index is 13.4. The number of esters is 1. The van der Waals surface area contributed by atoms with Crippen LogP contribution >= 0.6 is 0 Å². The number of primary amides is 1. The van der Waals surface area contributed by atoms with E-state index in [1.54, 1.807) is 34.6 Å². The van der Waals surface area contributed by atoms with Crippen LogP contribution in [0.2, 0.25) is 0 Å². The van der Waals surface area contributed by atoms with Crippen LogP contribution in [0.4, 0.5) is 4.79 Å². The van der Waals surface area contributed by atoms with Gasteiger partial charge in [0.25, 0.3) is 0 Å². The van der Waals surface area contributed by atoms with Gasteiger partial charge in [-0.05, 0) is 44.6 Å². The molecule has 1 aromatic carbocycles. The molecule has 5 N–H and O–H groups in total. The summed E-state index contributed by atoms with van der Waals surface area (Å²) < 4.78 is 10.6. The molecule has 11 nitrogen and oxygen atoms in total. The first-order valence-electron chi connectivity index (χ1n) is 13.8. The number of benzene rings is 1. The Morgan fingerprint density at radius 2 is 1.40 bits per heavy atom. The number of hydrogen-bond acceptors (Lipinski definition) is 7. The van der Waals surface area contributed by atoms with E-state index in [1.807, 2.05) is 44.2 Å². The molecule has 1 aromatic rings. The fourth-order valence-corrected chi connectivity index (χ4v) is 3.72. The molecule has 0 radical (unpaired) electrons. The minimum absolute atomic E-state index is 0.0729. The number of amides is 4. The van der Waals surface area contributed by atoms with Crippen molar-refractivity contribution < 1.29 is 33.4 Å². The van der Waals surface area contributed by atoms with Crippen LogP contribution in [0.15, 0.2) is 30.3 Å². The van der Waals surface area contributed by atoms with Gasteiger partial charge in [-0.3, -0.25) is 19.2 Å². The molecule has 4 amide bonds. The van der Waals surface area contributed by atoms with Crippen LogP contribution in [0.5, 0.6) is 0 Å². The second-order valence-electron chi connectivity index (χ2n) is 11.0. The monoisotopic (exact) mass is 562 g/mol. The van der Waals surface area contributed by atoms with Crippen LogP contribution in [0.3, 0.4) is 0 Å². The number of carbonyl (C=O) groups is 5. The van der Waals surface area contributed by atoms with Crippen molar-refractivity contribution in [1.29, 1.82) is 0 Å². The minimum Gasteiger partial charge on any atom is -0.461 e. The van der Waals surface area contributed by atoms with Gasteiger partial charge in [0.2, 0.25) is 17.7 Å². The molecule has 0 aliphatic carbocycles. The van der Waals surface area contributed by atoms with Crippen molar-refractivity contribution in [2.75, 3.05) is 0 Å². The lowest BCUT2D eigenvalue weighted by Gasteiger charge is -2.29. The Balaban J connectivity index is 3.03. The topological polar surface area (TPSA) is 166 Å². The van der Waals surface area contributed by atoms with Gasteiger partial charge in [0.15, 0.2) is 0 Å². The number of hydrogen-bond donors (Lipinski definition) is 4. The van der Waals surface area contributed by atoms with E-state index in [9.17, 15) is 24.0 Å². The van der Waals surface area contributed by atoms with E-state index in [-0.39, 0.29) is 31.3 Å². The van der Waals surface area contributed by atoms with Crippen LogP contribution in [-0.4, -0.2) is 53.5 Å². The molecule has 0 bridgehead atoms. The Labute approximate surface area is 237 Å². The van der Waals surface area contributed by atoms with E-state index >= 15 is 0 Å². The molecule has 224 valence electrons. The Morgan fingerprint density at radius 3 is 1.93 bits per heavy atom. The predicted molar refractivity (Wildman–Crippen MR) is 151 cm³/mol. The Bertz CT molecular complexity index is 994. The first-order chi connectivity index (χ1) is 18.7. The molecule has 0 saturated heterocycles. The van der Waals surface area contributed by atoms with Crippen LogP contribution in [0.1, 0.15) is 79.7 Å². The van der Waals surface area contributed by atoms with Gasteiger partial charge < -0.3 is 31.2 Å². The summed E-state index contributed by atoms with van der Waals surface area (Å²) in [5.41, 5.74) is 5.50. The molecule has 0 saturated carbocycles. The molecule has 0 aromatic heterocycles. The lowest BCUT2D eigenvalue weighted by Crippen LogP contribution is -2.59. The zero-order valence-electron chi connectivity index (χ0n) is 24.7. The molecule has 5 atom stereocenters. The van der Waals surface area contributed by atoms with Gasteiger partial charge >= 0.3 is 12.1 Å². The molecule has 0 spiro atoms. The summed E-state index contributed by atoms with van der Waals surface area (Å²) in [5.74, 6) is -2.99. The number of ether oxygens (including phenoxy) is 2. The van der Waals surface area contributed by atoms with Crippen molar-refractivity contribution in [3.05, 3.63) is 35.9 Å². The SMILES string of the molecule is CCC(C)C(NC(=O)C(NC(=O)C(CCC(=O)OCc1ccccc1)NC(=O)OC(C)(C)C)C(C)CC)C(N)=O. The van der Waals surface area contributed by atoms with E-state index in [0.29, 0.717) is 12.8 Å². The van der Waals surface area contributed by atoms with Crippen molar-refractivity contribution >= 4 is 29.8 Å². The highest BCUT2D eigenvalue weighted by Crippen LogP contribution is 2.14. The average molecular weight is 563 g/mol. The van der Waals surface area contributed by atoms with E-state index < -0.39 is 53.5 Å². The molecule has 11 heteroatoms. The third kappa shape index (κ3) is 12.5. The Kier molecular flexibility index (Phi) is 14.2. The summed E-state index contributed by atoms with van der Waals surface area (Å²) in [6, 6.07) is 6.02. The standard InChI is InChI=1S/C29H46N4O7/c1-8-18(3)23(25(30)35)32-27(37)24(19(4)9-2)33-26(36)21(31-28(38)40-29(5,6)7)15-16-22(34)39-17-20-13-11-10-12-14-20/h10-14,18-19,21,23-24H,8-9,15-17H2,1-7H3,(H2,30,35)(H,31,38)(H,32,37)(H,33,36).